The largest absolute Gasteiger partial charge is 0.490 e. The molecule has 2 N–H and O–H groups in total. The van der Waals surface area contributed by atoms with Crippen LogP contribution >= 0.6 is 0 Å². The second-order valence-corrected chi connectivity index (χ2v) is 12.5. The van der Waals surface area contributed by atoms with E-state index in [4.69, 9.17) is 14.9 Å². The summed E-state index contributed by atoms with van der Waals surface area (Å²) in [6.45, 7) is 5.29. The lowest BCUT2D eigenvalue weighted by molar-refractivity contribution is -0.192. The van der Waals surface area contributed by atoms with Gasteiger partial charge in [0, 0.05) is 59.2 Å². The van der Waals surface area contributed by atoms with E-state index in [0.717, 1.165) is 61.5 Å². The smallest absolute Gasteiger partial charge is 0.475 e. The van der Waals surface area contributed by atoms with Crippen LogP contribution in [0, 0.1) is 6.92 Å². The number of fused-ring (bicyclic) bond motifs is 1. The molecule has 4 heterocycles. The van der Waals surface area contributed by atoms with Crippen LogP contribution in [0.2, 0.25) is 0 Å². The van der Waals surface area contributed by atoms with Crippen molar-refractivity contribution >= 4 is 38.9 Å². The van der Waals surface area contributed by atoms with E-state index in [1.165, 1.54) is 0 Å². The van der Waals surface area contributed by atoms with E-state index in [1.54, 1.807) is 22.6 Å². The molecule has 1 aromatic carbocycles. The van der Waals surface area contributed by atoms with Crippen molar-refractivity contribution in [2.75, 3.05) is 36.9 Å². The van der Waals surface area contributed by atoms with Crippen LogP contribution in [-0.2, 0) is 35.0 Å². The number of aryl methyl sites for hydroxylation is 3. The number of nitrogens with zero attached hydrogens (tertiary/aromatic N) is 8. The number of nitrogens with one attached hydrogen (secondary N) is 1. The van der Waals surface area contributed by atoms with Crippen LogP contribution in [0.5, 0.6) is 0 Å². The highest BCUT2D eigenvalue weighted by Gasteiger charge is 2.38. The SMILES string of the molecule is Cc1nc2nc(NCc3ccc(S(=O)(=O)N4CCCCC4)cc3)nc(N(C)CCCn3ccnc3)c2n1C.O=C(O)C(F)(F)F. The number of piperidine rings is 1. The van der Waals surface area contributed by atoms with Gasteiger partial charge in [0.05, 0.1) is 11.2 Å². The molecule has 45 heavy (non-hydrogen) atoms. The molecule has 1 aliphatic rings. The molecule has 0 saturated carbocycles. The number of carboxylic acids is 1. The van der Waals surface area contributed by atoms with Gasteiger partial charge >= 0.3 is 12.1 Å². The molecule has 5 rings (SSSR count). The van der Waals surface area contributed by atoms with Gasteiger partial charge in [-0.25, -0.2) is 23.2 Å². The minimum atomic E-state index is -5.08. The lowest BCUT2D eigenvalue weighted by atomic mass is 10.2. The van der Waals surface area contributed by atoms with Gasteiger partial charge in [-0.2, -0.15) is 27.4 Å². The predicted octanol–water partition coefficient (Wildman–Crippen LogP) is 3.81. The van der Waals surface area contributed by atoms with Gasteiger partial charge in [0.15, 0.2) is 11.5 Å². The van der Waals surface area contributed by atoms with Crippen molar-refractivity contribution in [1.82, 2.24) is 33.4 Å². The highest BCUT2D eigenvalue weighted by atomic mass is 32.2. The standard InChI is InChI=1S/C26H35N9O2S.C2HF3O2/c1-20-29-24-23(33(20)3)25(32(2)13-7-14-34-17-12-27-19-34)31-26(30-24)28-18-21-8-10-22(11-9-21)38(36,37)35-15-5-4-6-16-35;3-2(4,5)1(6)7/h8-12,17,19H,4-7,13-16,18H2,1-3H3,(H,28,30,31);(H,6,7). The maximum Gasteiger partial charge on any atom is 0.490 e. The van der Waals surface area contributed by atoms with Crippen molar-refractivity contribution < 1.29 is 31.5 Å². The number of carbonyl (C=O) groups is 1. The Balaban J connectivity index is 0.000000591. The van der Waals surface area contributed by atoms with Crippen LogP contribution in [0.25, 0.3) is 11.2 Å². The number of hydrogen-bond acceptors (Lipinski definition) is 9. The summed E-state index contributed by atoms with van der Waals surface area (Å²) in [6.07, 6.45) is 4.35. The number of sulfonamides is 1. The number of aliphatic carboxylic acids is 1. The van der Waals surface area contributed by atoms with Crippen molar-refractivity contribution in [2.24, 2.45) is 7.05 Å². The van der Waals surface area contributed by atoms with Crippen LogP contribution in [0.3, 0.4) is 0 Å². The first-order valence-electron chi connectivity index (χ1n) is 14.3. The molecule has 1 aliphatic heterocycles. The Morgan fingerprint density at radius 1 is 1.09 bits per heavy atom. The van der Waals surface area contributed by atoms with E-state index in [-0.39, 0.29) is 0 Å². The van der Waals surface area contributed by atoms with Crippen LogP contribution in [0.1, 0.15) is 37.1 Å². The van der Waals surface area contributed by atoms with Gasteiger partial charge in [-0.05, 0) is 43.9 Å². The quantitative estimate of drug-likeness (QED) is 0.259. The first kappa shape index (κ1) is 33.6. The van der Waals surface area contributed by atoms with Gasteiger partial charge in [-0.1, -0.05) is 18.6 Å². The summed E-state index contributed by atoms with van der Waals surface area (Å²) in [5.41, 5.74) is 2.48. The van der Waals surface area contributed by atoms with Gasteiger partial charge in [0.2, 0.25) is 16.0 Å². The fourth-order valence-corrected chi connectivity index (χ4v) is 6.29. The van der Waals surface area contributed by atoms with E-state index in [9.17, 15) is 21.6 Å². The highest BCUT2D eigenvalue weighted by molar-refractivity contribution is 7.89. The minimum Gasteiger partial charge on any atom is -0.475 e. The molecule has 0 aliphatic carbocycles. The Bertz CT molecular complexity index is 1690. The van der Waals surface area contributed by atoms with E-state index in [1.807, 2.05) is 50.2 Å². The maximum atomic E-state index is 12.9. The van der Waals surface area contributed by atoms with E-state index in [0.29, 0.717) is 36.1 Å². The van der Waals surface area contributed by atoms with Crippen molar-refractivity contribution in [3.8, 4) is 0 Å². The van der Waals surface area contributed by atoms with E-state index < -0.39 is 22.2 Å². The zero-order valence-corrected chi connectivity index (χ0v) is 26.0. The molecule has 0 amide bonds. The van der Waals surface area contributed by atoms with Gasteiger partial charge in [0.25, 0.3) is 0 Å². The molecular weight excluding hydrogens is 615 g/mol. The lowest BCUT2D eigenvalue weighted by Crippen LogP contribution is -2.35. The van der Waals surface area contributed by atoms with Gasteiger partial charge in [-0.3, -0.25) is 0 Å². The number of hydrogen-bond donors (Lipinski definition) is 2. The molecule has 1 saturated heterocycles. The molecule has 0 atom stereocenters. The molecular formula is C28H36F3N9O4S. The fourth-order valence-electron chi connectivity index (χ4n) is 4.77. The Kier molecular flexibility index (Phi) is 10.6. The van der Waals surface area contributed by atoms with Crippen molar-refractivity contribution in [3.05, 3.63) is 54.4 Å². The number of imidazole rings is 2. The summed E-state index contributed by atoms with van der Waals surface area (Å²) in [5, 5.41) is 10.4. The number of alkyl halides is 3. The zero-order chi connectivity index (χ0) is 32.8. The fraction of sp³-hybridized carbons (Fsp3) is 0.464. The van der Waals surface area contributed by atoms with E-state index in [2.05, 4.69) is 29.7 Å². The summed E-state index contributed by atoms with van der Waals surface area (Å²) >= 11 is 0. The summed E-state index contributed by atoms with van der Waals surface area (Å²) < 4.78 is 63.3. The Morgan fingerprint density at radius 2 is 1.76 bits per heavy atom. The molecule has 244 valence electrons. The predicted molar refractivity (Wildman–Crippen MR) is 161 cm³/mol. The average Bonchev–Trinajstić information content (AvgIpc) is 3.63. The van der Waals surface area contributed by atoms with Gasteiger partial charge < -0.3 is 24.5 Å². The molecule has 0 radical (unpaired) electrons. The molecule has 13 nitrogen and oxygen atoms in total. The normalized spacial score (nSPS) is 14.2. The minimum absolute atomic E-state index is 0.337. The first-order valence-corrected chi connectivity index (χ1v) is 15.7. The topological polar surface area (TPSA) is 151 Å². The number of aromatic nitrogens is 6. The van der Waals surface area contributed by atoms with Crippen molar-refractivity contribution in [1.29, 1.82) is 0 Å². The van der Waals surface area contributed by atoms with Crippen LogP contribution in [-0.4, -0.2) is 85.7 Å². The molecule has 17 heteroatoms. The zero-order valence-electron chi connectivity index (χ0n) is 25.2. The molecule has 0 unspecified atom stereocenters. The summed E-state index contributed by atoms with van der Waals surface area (Å²) in [5.74, 6) is -0.594. The van der Waals surface area contributed by atoms with Gasteiger partial charge in [0.1, 0.15) is 11.3 Å². The maximum absolute atomic E-state index is 12.9. The number of rotatable bonds is 10. The first-order chi connectivity index (χ1) is 21.3. The third kappa shape index (κ3) is 8.48. The molecule has 4 aromatic rings. The van der Waals surface area contributed by atoms with E-state index >= 15 is 0 Å². The van der Waals surface area contributed by atoms with Crippen LogP contribution in [0.15, 0.2) is 47.9 Å². The molecule has 0 spiro atoms. The molecule has 1 fully saturated rings. The second-order valence-electron chi connectivity index (χ2n) is 10.6. The lowest BCUT2D eigenvalue weighted by Gasteiger charge is -2.25. The number of benzene rings is 1. The van der Waals surface area contributed by atoms with Crippen molar-refractivity contribution in [3.63, 3.8) is 0 Å². The summed E-state index contributed by atoms with van der Waals surface area (Å²) in [7, 11) is 0.564. The Hall–Kier alpha value is -4.25. The number of carboxylic acid groups (broad SMARTS) is 1. The van der Waals surface area contributed by atoms with Crippen molar-refractivity contribution in [2.45, 2.75) is 56.8 Å². The second kappa shape index (κ2) is 14.2. The highest BCUT2D eigenvalue weighted by Crippen LogP contribution is 2.26. The third-order valence-corrected chi connectivity index (χ3v) is 9.25. The van der Waals surface area contributed by atoms with Crippen LogP contribution < -0.4 is 10.2 Å². The average molecular weight is 652 g/mol. The van der Waals surface area contributed by atoms with Crippen LogP contribution in [0.4, 0.5) is 24.9 Å². The Labute approximate surface area is 258 Å². The monoisotopic (exact) mass is 651 g/mol. The number of halogens is 3. The summed E-state index contributed by atoms with van der Waals surface area (Å²) in [4.78, 5) is 29.6. The summed E-state index contributed by atoms with van der Waals surface area (Å²) in [6, 6.07) is 7.06. The number of anilines is 2. The van der Waals surface area contributed by atoms with Gasteiger partial charge in [-0.15, -0.1) is 0 Å². The Morgan fingerprint density at radius 3 is 2.36 bits per heavy atom. The molecule has 3 aromatic heterocycles. The third-order valence-electron chi connectivity index (χ3n) is 7.34. The molecule has 0 bridgehead atoms.